The molecule has 0 amide bonds. The Morgan fingerprint density at radius 1 is 1.10 bits per heavy atom. The van der Waals surface area contributed by atoms with Gasteiger partial charge in [-0.25, -0.2) is 0 Å². The fraction of sp³-hybridized carbons (Fsp3) is 0.333. The highest BCUT2D eigenvalue weighted by molar-refractivity contribution is 5.94. The maximum atomic E-state index is 9.47. The number of nitrogens with zero attached hydrogens (tertiary/aromatic N) is 3. The normalized spacial score (nSPS) is 24.0. The van der Waals surface area contributed by atoms with Crippen LogP contribution in [0.25, 0.3) is 10.9 Å². The van der Waals surface area contributed by atoms with Crippen LogP contribution < -0.4 is 4.90 Å². The van der Waals surface area contributed by atoms with E-state index in [-0.39, 0.29) is 0 Å². The number of anilines is 1. The van der Waals surface area contributed by atoms with E-state index < -0.39 is 0 Å². The highest BCUT2D eigenvalue weighted by atomic mass is 15.2. The van der Waals surface area contributed by atoms with Crippen molar-refractivity contribution in [2.75, 3.05) is 18.0 Å². The first kappa shape index (κ1) is 12.4. The molecule has 0 radical (unpaired) electrons. The predicted octanol–water partition coefficient (Wildman–Crippen LogP) is 3.51. The van der Waals surface area contributed by atoms with Crippen molar-refractivity contribution in [1.29, 1.82) is 5.26 Å². The van der Waals surface area contributed by atoms with E-state index in [1.807, 2.05) is 18.2 Å². The topological polar surface area (TPSA) is 39.9 Å². The molecule has 21 heavy (non-hydrogen) atoms. The fourth-order valence-electron chi connectivity index (χ4n) is 3.75. The minimum atomic E-state index is 0.695. The molecule has 1 fully saturated rings. The molecule has 1 aliphatic carbocycles. The summed E-state index contributed by atoms with van der Waals surface area (Å²) in [6.45, 7) is 2.11. The monoisotopic (exact) mass is 275 g/mol. The Bertz CT molecular complexity index is 741. The van der Waals surface area contributed by atoms with Crippen LogP contribution in [0, 0.1) is 23.2 Å². The second-order valence-corrected chi connectivity index (χ2v) is 6.02. The summed E-state index contributed by atoms with van der Waals surface area (Å²) in [4.78, 5) is 6.82. The van der Waals surface area contributed by atoms with E-state index in [0.717, 1.165) is 41.5 Å². The molecule has 104 valence electrons. The lowest BCUT2D eigenvalue weighted by atomic mass is 9.86. The van der Waals surface area contributed by atoms with Gasteiger partial charge in [-0.05, 0) is 30.7 Å². The standard InChI is InChI=1S/C18H17N3/c19-9-15-10-20-17-8-4-3-7-16(17)18(15)21-11-13-5-1-2-6-14(13)12-21/h1-4,7-8,10,13-14H,5-6,11-12H2. The van der Waals surface area contributed by atoms with Crippen molar-refractivity contribution in [1.82, 2.24) is 4.98 Å². The van der Waals surface area contributed by atoms with Crippen LogP contribution in [0.5, 0.6) is 0 Å². The average molecular weight is 275 g/mol. The number of pyridine rings is 1. The molecular formula is C18H17N3. The number of benzene rings is 1. The number of para-hydroxylation sites is 1. The second kappa shape index (κ2) is 4.89. The Morgan fingerprint density at radius 3 is 2.52 bits per heavy atom. The summed E-state index contributed by atoms with van der Waals surface area (Å²) < 4.78 is 0. The summed E-state index contributed by atoms with van der Waals surface area (Å²) >= 11 is 0. The molecule has 1 saturated heterocycles. The summed E-state index contributed by atoms with van der Waals surface area (Å²) in [5.74, 6) is 1.46. The molecule has 1 aromatic heterocycles. The molecule has 2 atom stereocenters. The van der Waals surface area contributed by atoms with Gasteiger partial charge < -0.3 is 4.90 Å². The maximum absolute atomic E-state index is 9.47. The average Bonchev–Trinajstić information content (AvgIpc) is 2.97. The predicted molar refractivity (Wildman–Crippen MR) is 84.0 cm³/mol. The Labute approximate surface area is 124 Å². The second-order valence-electron chi connectivity index (χ2n) is 6.02. The minimum absolute atomic E-state index is 0.695. The van der Waals surface area contributed by atoms with E-state index in [1.54, 1.807) is 6.20 Å². The fourth-order valence-corrected chi connectivity index (χ4v) is 3.75. The van der Waals surface area contributed by atoms with E-state index in [1.165, 1.54) is 12.8 Å². The molecule has 2 aliphatic rings. The molecule has 4 rings (SSSR count). The molecule has 0 spiro atoms. The largest absolute Gasteiger partial charge is 0.369 e. The van der Waals surface area contributed by atoms with Gasteiger partial charge in [-0.3, -0.25) is 4.98 Å². The number of nitriles is 1. The van der Waals surface area contributed by atoms with Gasteiger partial charge in [0, 0.05) is 24.7 Å². The van der Waals surface area contributed by atoms with Gasteiger partial charge in [0.05, 0.1) is 16.8 Å². The number of hydrogen-bond donors (Lipinski definition) is 0. The zero-order valence-electron chi connectivity index (χ0n) is 11.9. The Hall–Kier alpha value is -2.34. The lowest BCUT2D eigenvalue weighted by molar-refractivity contribution is 0.411. The van der Waals surface area contributed by atoms with Crippen LogP contribution in [-0.2, 0) is 0 Å². The summed E-state index contributed by atoms with van der Waals surface area (Å²) in [5, 5.41) is 10.6. The summed E-state index contributed by atoms with van der Waals surface area (Å²) in [6.07, 6.45) is 8.68. The third-order valence-electron chi connectivity index (χ3n) is 4.80. The van der Waals surface area contributed by atoms with Crippen molar-refractivity contribution >= 4 is 16.6 Å². The summed E-state index contributed by atoms with van der Waals surface area (Å²) in [7, 11) is 0. The van der Waals surface area contributed by atoms with Crippen molar-refractivity contribution in [3.63, 3.8) is 0 Å². The van der Waals surface area contributed by atoms with Gasteiger partial charge in [0.25, 0.3) is 0 Å². The van der Waals surface area contributed by atoms with Crippen LogP contribution in [0.3, 0.4) is 0 Å². The lowest BCUT2D eigenvalue weighted by Crippen LogP contribution is -2.21. The van der Waals surface area contributed by atoms with E-state index in [2.05, 4.69) is 34.2 Å². The first-order valence-corrected chi connectivity index (χ1v) is 7.54. The summed E-state index contributed by atoms with van der Waals surface area (Å²) in [6, 6.07) is 10.5. The van der Waals surface area contributed by atoms with Gasteiger partial charge in [-0.15, -0.1) is 0 Å². The highest BCUT2D eigenvalue weighted by Gasteiger charge is 2.34. The quantitative estimate of drug-likeness (QED) is 0.748. The number of hydrogen-bond acceptors (Lipinski definition) is 3. The number of rotatable bonds is 1. The minimum Gasteiger partial charge on any atom is -0.369 e. The van der Waals surface area contributed by atoms with Gasteiger partial charge in [-0.1, -0.05) is 30.4 Å². The SMILES string of the molecule is N#Cc1cnc2ccccc2c1N1CC2CC=CCC2C1. The molecule has 3 heteroatoms. The van der Waals surface area contributed by atoms with Crippen LogP contribution in [0.2, 0.25) is 0 Å². The maximum Gasteiger partial charge on any atom is 0.103 e. The molecule has 0 bridgehead atoms. The molecule has 3 nitrogen and oxygen atoms in total. The van der Waals surface area contributed by atoms with E-state index in [0.29, 0.717) is 5.56 Å². The highest BCUT2D eigenvalue weighted by Crippen LogP contribution is 2.38. The Kier molecular flexibility index (Phi) is 2.89. The van der Waals surface area contributed by atoms with E-state index in [4.69, 9.17) is 0 Å². The van der Waals surface area contributed by atoms with Crippen LogP contribution in [0.15, 0.2) is 42.6 Å². The molecular weight excluding hydrogens is 258 g/mol. The van der Waals surface area contributed by atoms with E-state index >= 15 is 0 Å². The summed E-state index contributed by atoms with van der Waals surface area (Å²) in [5.41, 5.74) is 2.75. The number of allylic oxidation sites excluding steroid dienone is 2. The zero-order valence-corrected chi connectivity index (χ0v) is 11.9. The van der Waals surface area contributed by atoms with Crippen molar-refractivity contribution in [3.8, 4) is 6.07 Å². The first-order chi connectivity index (χ1) is 10.4. The first-order valence-electron chi connectivity index (χ1n) is 7.54. The zero-order chi connectivity index (χ0) is 14.2. The molecule has 1 aromatic carbocycles. The van der Waals surface area contributed by atoms with Crippen molar-refractivity contribution in [2.24, 2.45) is 11.8 Å². The van der Waals surface area contributed by atoms with Gasteiger partial charge >= 0.3 is 0 Å². The number of fused-ring (bicyclic) bond motifs is 2. The van der Waals surface area contributed by atoms with Gasteiger partial charge in [0.2, 0.25) is 0 Å². The third-order valence-corrected chi connectivity index (χ3v) is 4.80. The van der Waals surface area contributed by atoms with Crippen LogP contribution in [0.1, 0.15) is 18.4 Å². The van der Waals surface area contributed by atoms with Gasteiger partial charge in [0.1, 0.15) is 6.07 Å². The molecule has 0 saturated carbocycles. The van der Waals surface area contributed by atoms with Gasteiger partial charge in [0.15, 0.2) is 0 Å². The third kappa shape index (κ3) is 1.99. The Balaban J connectivity index is 1.81. The van der Waals surface area contributed by atoms with E-state index in [9.17, 15) is 5.26 Å². The van der Waals surface area contributed by atoms with Crippen LogP contribution >= 0.6 is 0 Å². The van der Waals surface area contributed by atoms with Crippen molar-refractivity contribution in [2.45, 2.75) is 12.8 Å². The van der Waals surface area contributed by atoms with Crippen molar-refractivity contribution in [3.05, 3.63) is 48.2 Å². The lowest BCUT2D eigenvalue weighted by Gasteiger charge is -2.21. The van der Waals surface area contributed by atoms with Gasteiger partial charge in [-0.2, -0.15) is 5.26 Å². The number of aromatic nitrogens is 1. The molecule has 2 aromatic rings. The smallest absolute Gasteiger partial charge is 0.103 e. The van der Waals surface area contributed by atoms with Crippen LogP contribution in [-0.4, -0.2) is 18.1 Å². The molecule has 2 heterocycles. The van der Waals surface area contributed by atoms with Crippen molar-refractivity contribution < 1.29 is 0 Å². The Morgan fingerprint density at radius 2 is 1.81 bits per heavy atom. The molecule has 0 N–H and O–H groups in total. The van der Waals surface area contributed by atoms with Crippen LogP contribution in [0.4, 0.5) is 5.69 Å². The molecule has 1 aliphatic heterocycles. The molecule has 2 unspecified atom stereocenters.